The van der Waals surface area contributed by atoms with Crippen LogP contribution >= 0.6 is 11.6 Å². The Bertz CT molecular complexity index is 2080. The highest BCUT2D eigenvalue weighted by Gasteiger charge is 2.21. The number of carbonyl (C=O) groups is 1. The zero-order chi connectivity index (χ0) is 35.5. The summed E-state index contributed by atoms with van der Waals surface area (Å²) < 4.78 is 31.0. The van der Waals surface area contributed by atoms with Crippen LogP contribution in [0.4, 0.5) is 23.1 Å². The molecule has 5 rings (SSSR count). The van der Waals surface area contributed by atoms with E-state index in [2.05, 4.69) is 35.6 Å². The maximum Gasteiger partial charge on any atom is 0.252 e. The van der Waals surface area contributed by atoms with Crippen molar-refractivity contribution in [2.24, 2.45) is 5.92 Å². The van der Waals surface area contributed by atoms with E-state index < -0.39 is 15.9 Å². The summed E-state index contributed by atoms with van der Waals surface area (Å²) in [6.45, 7) is 7.98. The van der Waals surface area contributed by atoms with Crippen molar-refractivity contribution in [1.82, 2.24) is 29.6 Å². The van der Waals surface area contributed by atoms with Crippen LogP contribution in [0.3, 0.4) is 0 Å². The van der Waals surface area contributed by atoms with E-state index in [1.54, 1.807) is 42.7 Å². The van der Waals surface area contributed by atoms with Gasteiger partial charge < -0.3 is 30.5 Å². The lowest BCUT2D eigenvalue weighted by molar-refractivity contribution is 0.0954. The van der Waals surface area contributed by atoms with Crippen LogP contribution in [0.25, 0.3) is 21.9 Å². The number of halogens is 1. The molecule has 49 heavy (non-hydrogen) atoms. The third kappa shape index (κ3) is 7.88. The Balaban J connectivity index is 1.27. The van der Waals surface area contributed by atoms with Gasteiger partial charge in [0.25, 0.3) is 5.91 Å². The van der Waals surface area contributed by atoms with Crippen molar-refractivity contribution in [3.05, 3.63) is 71.5 Å². The first-order valence-electron chi connectivity index (χ1n) is 16.0. The molecule has 0 aliphatic rings. The van der Waals surface area contributed by atoms with E-state index in [0.29, 0.717) is 34.0 Å². The number of fused-ring (bicyclic) bond motifs is 2. The number of nitrogens with one attached hydrogen (secondary N) is 4. The molecule has 0 saturated heterocycles. The van der Waals surface area contributed by atoms with Gasteiger partial charge >= 0.3 is 0 Å². The van der Waals surface area contributed by atoms with Gasteiger partial charge in [-0.2, -0.15) is 9.97 Å². The fraction of sp³-hybridized carbons (Fsp3) is 0.353. The Kier molecular flexibility index (Phi) is 10.9. The summed E-state index contributed by atoms with van der Waals surface area (Å²) in [7, 11) is -0.0483. The molecular formula is C34H42ClN9O4S. The van der Waals surface area contributed by atoms with E-state index in [4.69, 9.17) is 11.6 Å². The van der Waals surface area contributed by atoms with E-state index in [1.807, 2.05) is 69.5 Å². The molecule has 15 heteroatoms. The number of nitrogens with zero attached hydrogens (tertiary/aromatic N) is 5. The molecule has 5 N–H and O–H groups in total. The van der Waals surface area contributed by atoms with E-state index in [1.165, 1.54) is 0 Å². The van der Waals surface area contributed by atoms with Gasteiger partial charge in [0.15, 0.2) is 17.0 Å². The smallest absolute Gasteiger partial charge is 0.252 e. The summed E-state index contributed by atoms with van der Waals surface area (Å²) >= 11 is 6.56. The van der Waals surface area contributed by atoms with E-state index in [-0.39, 0.29) is 53.2 Å². The number of benzene rings is 3. The molecule has 1 atom stereocenters. The summed E-state index contributed by atoms with van der Waals surface area (Å²) in [5.41, 5.74) is 2.86. The minimum Gasteiger partial charge on any atom is -0.394 e. The first-order chi connectivity index (χ1) is 23.3. The van der Waals surface area contributed by atoms with Gasteiger partial charge in [-0.15, -0.1) is 0 Å². The maximum absolute atomic E-state index is 13.2. The number of amides is 1. The quantitative estimate of drug-likeness (QED) is 0.0974. The largest absolute Gasteiger partial charge is 0.394 e. The number of rotatable bonds is 14. The number of hydrogen-bond donors (Lipinski definition) is 5. The lowest BCUT2D eigenvalue weighted by Gasteiger charge is -2.20. The standard InChI is InChI=1S/C34H42ClN9O4S/c1-20(2)27(18-45)40-34-41-31(30-32(42-34)44(19-37-30)21(3)4)39-22-13-14-25(26(35)17-22)33(46)36-15-16-38-49(47,48)29-12-8-9-23-24(29)10-7-11-28(23)43(5)6/h7-14,17,19-21,27,38,45H,15-16,18H2,1-6H3,(H,36,46)(H2,39,40,41,42)/t27-/m0/s1. The van der Waals surface area contributed by atoms with Crippen LogP contribution in [0.15, 0.2) is 65.8 Å². The van der Waals surface area contributed by atoms with Gasteiger partial charge in [-0.25, -0.2) is 18.1 Å². The summed E-state index contributed by atoms with van der Waals surface area (Å²) in [5, 5.41) is 20.7. The highest BCUT2D eigenvalue weighted by molar-refractivity contribution is 7.89. The molecule has 2 heterocycles. The second-order valence-electron chi connectivity index (χ2n) is 12.5. The second-order valence-corrected chi connectivity index (χ2v) is 14.6. The van der Waals surface area contributed by atoms with Gasteiger partial charge in [0.2, 0.25) is 16.0 Å². The molecule has 0 aliphatic carbocycles. The third-order valence-electron chi connectivity index (χ3n) is 8.10. The molecule has 0 bridgehead atoms. The van der Waals surface area contributed by atoms with Crippen LogP contribution in [0.5, 0.6) is 0 Å². The third-order valence-corrected chi connectivity index (χ3v) is 9.94. The summed E-state index contributed by atoms with van der Waals surface area (Å²) in [4.78, 5) is 29.0. The molecule has 0 unspecified atom stereocenters. The predicted molar refractivity (Wildman–Crippen MR) is 196 cm³/mol. The lowest BCUT2D eigenvalue weighted by atomic mass is 10.1. The van der Waals surface area contributed by atoms with E-state index >= 15 is 0 Å². The number of sulfonamides is 1. The summed E-state index contributed by atoms with van der Waals surface area (Å²) in [6, 6.07) is 15.4. The number of aliphatic hydroxyl groups excluding tert-OH is 1. The molecule has 1 amide bonds. The molecule has 0 aliphatic heterocycles. The van der Waals surface area contributed by atoms with Crippen molar-refractivity contribution in [2.45, 2.75) is 44.7 Å². The van der Waals surface area contributed by atoms with Crippen LogP contribution in [-0.4, -0.2) is 78.8 Å². The second kappa shape index (κ2) is 14.9. The Morgan fingerprint density at radius 3 is 2.41 bits per heavy atom. The molecule has 0 saturated carbocycles. The zero-order valence-corrected chi connectivity index (χ0v) is 29.9. The molecular weight excluding hydrogens is 666 g/mol. The van der Waals surface area contributed by atoms with E-state index in [9.17, 15) is 18.3 Å². The van der Waals surface area contributed by atoms with Crippen molar-refractivity contribution >= 4 is 72.6 Å². The SMILES string of the molecule is CC(C)[C@H](CO)Nc1nc(Nc2ccc(C(=O)NCCNS(=O)(=O)c3cccc4c(N(C)C)cccc34)c(Cl)c2)c2ncn(C(C)C)c2n1. The monoisotopic (exact) mass is 707 g/mol. The van der Waals surface area contributed by atoms with Crippen molar-refractivity contribution in [3.63, 3.8) is 0 Å². The maximum atomic E-state index is 13.2. The van der Waals surface area contributed by atoms with Gasteiger partial charge in [0.1, 0.15) is 0 Å². The molecule has 2 aromatic heterocycles. The van der Waals surface area contributed by atoms with Gasteiger partial charge in [0.05, 0.1) is 34.5 Å². The minimum absolute atomic E-state index is 0.0217. The van der Waals surface area contributed by atoms with Crippen LogP contribution in [0, 0.1) is 5.92 Å². The number of anilines is 4. The van der Waals surface area contributed by atoms with E-state index in [0.717, 1.165) is 11.1 Å². The molecule has 0 spiro atoms. The Morgan fingerprint density at radius 2 is 1.73 bits per heavy atom. The number of aromatic nitrogens is 4. The van der Waals surface area contributed by atoms with Gasteiger partial charge in [0, 0.05) is 55.4 Å². The number of carbonyl (C=O) groups excluding carboxylic acids is 1. The molecule has 3 aromatic carbocycles. The van der Waals surface area contributed by atoms with Crippen molar-refractivity contribution in [3.8, 4) is 0 Å². The fourth-order valence-corrected chi connectivity index (χ4v) is 6.89. The molecule has 13 nitrogen and oxygen atoms in total. The minimum atomic E-state index is -3.86. The summed E-state index contributed by atoms with van der Waals surface area (Å²) in [6.07, 6.45) is 1.70. The molecule has 0 fully saturated rings. The zero-order valence-electron chi connectivity index (χ0n) is 28.3. The van der Waals surface area contributed by atoms with Gasteiger partial charge in [-0.05, 0) is 50.1 Å². The Hall–Kier alpha value is -4.50. The lowest BCUT2D eigenvalue weighted by Crippen LogP contribution is -2.34. The van der Waals surface area contributed by atoms with Crippen LogP contribution in [0.1, 0.15) is 44.1 Å². The summed E-state index contributed by atoms with van der Waals surface area (Å²) in [5.74, 6) is 0.444. The number of hydrogen-bond acceptors (Lipinski definition) is 10. The van der Waals surface area contributed by atoms with Crippen LogP contribution in [-0.2, 0) is 10.0 Å². The Labute approximate surface area is 291 Å². The van der Waals surface area contributed by atoms with Gasteiger partial charge in [-0.1, -0.05) is 49.7 Å². The van der Waals surface area contributed by atoms with Crippen LogP contribution in [0.2, 0.25) is 5.02 Å². The molecule has 260 valence electrons. The molecule has 5 aromatic rings. The highest BCUT2D eigenvalue weighted by atomic mass is 35.5. The number of imidazole rings is 1. The van der Waals surface area contributed by atoms with Crippen molar-refractivity contribution in [2.75, 3.05) is 49.3 Å². The van der Waals surface area contributed by atoms with Gasteiger partial charge in [-0.3, -0.25) is 4.79 Å². The normalized spacial score (nSPS) is 12.5. The average Bonchev–Trinajstić information content (AvgIpc) is 3.49. The Morgan fingerprint density at radius 1 is 1.00 bits per heavy atom. The molecule has 0 radical (unpaired) electrons. The van der Waals surface area contributed by atoms with Crippen molar-refractivity contribution < 1.29 is 18.3 Å². The predicted octanol–water partition coefficient (Wildman–Crippen LogP) is 5.16. The fourth-order valence-electron chi connectivity index (χ4n) is 5.37. The van der Waals surface area contributed by atoms with Crippen molar-refractivity contribution in [1.29, 1.82) is 0 Å². The first kappa shape index (κ1) is 35.8. The topological polar surface area (TPSA) is 166 Å². The highest BCUT2D eigenvalue weighted by Crippen LogP contribution is 2.31. The van der Waals surface area contributed by atoms with Crippen LogP contribution < -0.4 is 25.6 Å². The average molecular weight is 708 g/mol. The first-order valence-corrected chi connectivity index (χ1v) is 17.8. The number of aliphatic hydroxyl groups is 1.